The summed E-state index contributed by atoms with van der Waals surface area (Å²) < 4.78 is 6.89. The highest BCUT2D eigenvalue weighted by Crippen LogP contribution is 2.30. The van der Waals surface area contributed by atoms with Crippen molar-refractivity contribution >= 4 is 63.3 Å². The fraction of sp³-hybridized carbons (Fsp3) is 0.632. The standard InChI is InChI=1S/C19H29BrN4OS.HI/c1-19(2)14-24(8-11-26-19)18(21-3)22-13-15-4-5-16(20)12-17(15)23-6-9-25-10-7-23;/h4-5,12H,6-11,13-14H2,1-3H3,(H,21,22);1H. The molecule has 8 heteroatoms. The molecule has 1 aromatic carbocycles. The van der Waals surface area contributed by atoms with Crippen molar-refractivity contribution < 1.29 is 4.74 Å². The first-order chi connectivity index (χ1) is 12.5. The largest absolute Gasteiger partial charge is 0.378 e. The zero-order valence-corrected chi connectivity index (χ0v) is 21.1. The summed E-state index contributed by atoms with van der Waals surface area (Å²) >= 11 is 5.66. The van der Waals surface area contributed by atoms with E-state index in [0.717, 1.165) is 62.1 Å². The average Bonchev–Trinajstić information content (AvgIpc) is 2.63. The highest BCUT2D eigenvalue weighted by Gasteiger charge is 2.28. The molecule has 2 aliphatic rings. The number of thioether (sulfide) groups is 1. The van der Waals surface area contributed by atoms with Crippen molar-refractivity contribution in [3.05, 3.63) is 28.2 Å². The average molecular weight is 569 g/mol. The smallest absolute Gasteiger partial charge is 0.193 e. The van der Waals surface area contributed by atoms with Crippen LogP contribution in [-0.4, -0.2) is 67.8 Å². The van der Waals surface area contributed by atoms with Gasteiger partial charge in [-0.2, -0.15) is 11.8 Å². The molecule has 1 aromatic rings. The van der Waals surface area contributed by atoms with E-state index in [0.29, 0.717) is 0 Å². The third-order valence-corrected chi connectivity index (χ3v) is 6.56. The first-order valence-corrected chi connectivity index (χ1v) is 11.0. The van der Waals surface area contributed by atoms with Crippen LogP contribution < -0.4 is 10.2 Å². The van der Waals surface area contributed by atoms with Gasteiger partial charge in [0.1, 0.15) is 0 Å². The lowest BCUT2D eigenvalue weighted by Crippen LogP contribution is -2.50. The number of nitrogens with one attached hydrogen (secondary N) is 1. The van der Waals surface area contributed by atoms with Crippen LogP contribution in [0.5, 0.6) is 0 Å². The number of aliphatic imine (C=N–C) groups is 1. The van der Waals surface area contributed by atoms with Crippen molar-refractivity contribution in [1.29, 1.82) is 0 Å². The third kappa shape index (κ3) is 6.40. The molecule has 2 aliphatic heterocycles. The summed E-state index contributed by atoms with van der Waals surface area (Å²) in [4.78, 5) is 9.32. The van der Waals surface area contributed by atoms with Gasteiger partial charge in [0.15, 0.2) is 5.96 Å². The van der Waals surface area contributed by atoms with Crippen molar-refractivity contribution in [2.24, 2.45) is 4.99 Å². The summed E-state index contributed by atoms with van der Waals surface area (Å²) in [5.74, 6) is 2.14. The monoisotopic (exact) mass is 568 g/mol. The molecule has 0 aromatic heterocycles. The molecule has 2 fully saturated rings. The number of benzene rings is 1. The zero-order chi connectivity index (χ0) is 18.6. The van der Waals surface area contributed by atoms with Gasteiger partial charge in [-0.25, -0.2) is 0 Å². The zero-order valence-electron chi connectivity index (χ0n) is 16.3. The molecule has 152 valence electrons. The van der Waals surface area contributed by atoms with Gasteiger partial charge in [-0.1, -0.05) is 22.0 Å². The molecule has 0 amide bonds. The number of hydrogen-bond acceptors (Lipinski definition) is 4. The first-order valence-electron chi connectivity index (χ1n) is 9.19. The Hall–Kier alpha value is -0.190. The molecule has 5 nitrogen and oxygen atoms in total. The van der Waals surface area contributed by atoms with Gasteiger partial charge in [0.25, 0.3) is 0 Å². The lowest BCUT2D eigenvalue weighted by Gasteiger charge is -2.39. The molecular weight excluding hydrogens is 539 g/mol. The van der Waals surface area contributed by atoms with E-state index in [9.17, 15) is 0 Å². The summed E-state index contributed by atoms with van der Waals surface area (Å²) in [6.45, 7) is 10.9. The quantitative estimate of drug-likeness (QED) is 0.341. The number of hydrogen-bond donors (Lipinski definition) is 1. The number of rotatable bonds is 3. The van der Waals surface area contributed by atoms with Gasteiger partial charge in [-0.05, 0) is 31.5 Å². The second kappa shape index (κ2) is 10.5. The predicted molar refractivity (Wildman–Crippen MR) is 131 cm³/mol. The topological polar surface area (TPSA) is 40.1 Å². The molecule has 0 bridgehead atoms. The summed E-state index contributed by atoms with van der Waals surface area (Å²) in [6.07, 6.45) is 0. The Bertz CT molecular complexity index is 653. The summed E-state index contributed by atoms with van der Waals surface area (Å²) in [6, 6.07) is 6.53. The van der Waals surface area contributed by atoms with Crippen LogP contribution in [0, 0.1) is 0 Å². The van der Waals surface area contributed by atoms with Gasteiger partial charge in [-0.3, -0.25) is 4.99 Å². The number of halogens is 2. The van der Waals surface area contributed by atoms with E-state index in [-0.39, 0.29) is 28.7 Å². The van der Waals surface area contributed by atoms with E-state index in [1.54, 1.807) is 0 Å². The van der Waals surface area contributed by atoms with Gasteiger partial charge in [0.05, 0.1) is 13.2 Å². The van der Waals surface area contributed by atoms with Crippen molar-refractivity contribution in [2.75, 3.05) is 57.1 Å². The Balaban J connectivity index is 0.00000261. The minimum absolute atomic E-state index is 0. The number of morpholine rings is 1. The molecule has 2 heterocycles. The van der Waals surface area contributed by atoms with Gasteiger partial charge in [0.2, 0.25) is 0 Å². The summed E-state index contributed by atoms with van der Waals surface area (Å²) in [7, 11) is 1.88. The Morgan fingerprint density at radius 1 is 1.30 bits per heavy atom. The van der Waals surface area contributed by atoms with Crippen LogP contribution in [0.4, 0.5) is 5.69 Å². The second-order valence-corrected chi connectivity index (χ2v) is 10.0. The fourth-order valence-corrected chi connectivity index (χ4v) is 4.95. The Morgan fingerprint density at radius 3 is 2.70 bits per heavy atom. The van der Waals surface area contributed by atoms with Crippen LogP contribution in [0.25, 0.3) is 0 Å². The van der Waals surface area contributed by atoms with Crippen molar-refractivity contribution in [3.63, 3.8) is 0 Å². The fourth-order valence-electron chi connectivity index (χ4n) is 3.49. The maximum Gasteiger partial charge on any atom is 0.193 e. The van der Waals surface area contributed by atoms with Crippen LogP contribution >= 0.6 is 51.7 Å². The van der Waals surface area contributed by atoms with Crippen molar-refractivity contribution in [2.45, 2.75) is 25.1 Å². The number of anilines is 1. The molecule has 3 rings (SSSR count). The van der Waals surface area contributed by atoms with Gasteiger partial charge in [-0.15, -0.1) is 24.0 Å². The maximum absolute atomic E-state index is 5.51. The van der Waals surface area contributed by atoms with Crippen LogP contribution in [0.3, 0.4) is 0 Å². The van der Waals surface area contributed by atoms with Crippen LogP contribution in [0.15, 0.2) is 27.7 Å². The van der Waals surface area contributed by atoms with Crippen molar-refractivity contribution in [1.82, 2.24) is 10.2 Å². The predicted octanol–water partition coefficient (Wildman–Crippen LogP) is 3.81. The van der Waals surface area contributed by atoms with E-state index < -0.39 is 0 Å². The van der Waals surface area contributed by atoms with E-state index in [1.165, 1.54) is 11.3 Å². The van der Waals surface area contributed by atoms with Gasteiger partial charge in [0, 0.05) is 60.4 Å². The lowest BCUT2D eigenvalue weighted by molar-refractivity contribution is 0.122. The minimum atomic E-state index is 0. The molecule has 0 radical (unpaired) electrons. The Kier molecular flexibility index (Phi) is 9.02. The van der Waals surface area contributed by atoms with E-state index in [1.807, 2.05) is 18.8 Å². The molecule has 2 saturated heterocycles. The summed E-state index contributed by atoms with van der Waals surface area (Å²) in [5, 5.41) is 3.59. The Labute approximate surface area is 192 Å². The number of ether oxygens (including phenoxy) is 1. The molecule has 1 N–H and O–H groups in total. The number of guanidine groups is 1. The number of nitrogens with zero attached hydrogens (tertiary/aromatic N) is 3. The highest BCUT2D eigenvalue weighted by molar-refractivity contribution is 14.0. The van der Waals surface area contributed by atoms with Gasteiger partial charge >= 0.3 is 0 Å². The van der Waals surface area contributed by atoms with Crippen LogP contribution in [0.1, 0.15) is 19.4 Å². The first kappa shape index (κ1) is 23.1. The van der Waals surface area contributed by atoms with Crippen molar-refractivity contribution in [3.8, 4) is 0 Å². The molecule has 0 unspecified atom stereocenters. The Morgan fingerprint density at radius 2 is 2.04 bits per heavy atom. The third-order valence-electron chi connectivity index (χ3n) is 4.77. The van der Waals surface area contributed by atoms with E-state index >= 15 is 0 Å². The highest BCUT2D eigenvalue weighted by atomic mass is 127. The minimum Gasteiger partial charge on any atom is -0.378 e. The van der Waals surface area contributed by atoms with Crippen LogP contribution in [-0.2, 0) is 11.3 Å². The molecule has 0 atom stereocenters. The second-order valence-electron chi connectivity index (χ2n) is 7.30. The van der Waals surface area contributed by atoms with E-state index in [4.69, 9.17) is 4.74 Å². The molecular formula is C19H30BrIN4OS. The molecule has 0 aliphatic carbocycles. The molecule has 27 heavy (non-hydrogen) atoms. The SMILES string of the molecule is CN=C(NCc1ccc(Br)cc1N1CCOCC1)N1CCSC(C)(C)C1.I. The molecule has 0 spiro atoms. The van der Waals surface area contributed by atoms with Gasteiger partial charge < -0.3 is 19.9 Å². The maximum atomic E-state index is 5.51. The molecule has 0 saturated carbocycles. The van der Waals surface area contributed by atoms with Crippen LogP contribution in [0.2, 0.25) is 0 Å². The lowest BCUT2D eigenvalue weighted by atomic mass is 10.1. The van der Waals surface area contributed by atoms with E-state index in [2.05, 4.69) is 68.1 Å². The normalized spacial score (nSPS) is 20.2. The summed E-state index contributed by atoms with van der Waals surface area (Å²) in [5.41, 5.74) is 2.57.